The summed E-state index contributed by atoms with van der Waals surface area (Å²) in [5, 5.41) is 10.2. The summed E-state index contributed by atoms with van der Waals surface area (Å²) in [5.41, 5.74) is 0.253. The van der Waals surface area contributed by atoms with Crippen molar-refractivity contribution in [2.24, 2.45) is 7.05 Å². The molecule has 0 spiro atoms. The van der Waals surface area contributed by atoms with E-state index in [1.54, 1.807) is 7.05 Å². The van der Waals surface area contributed by atoms with E-state index >= 15 is 0 Å². The van der Waals surface area contributed by atoms with Gasteiger partial charge in [-0.2, -0.15) is 0 Å². The highest BCUT2D eigenvalue weighted by molar-refractivity contribution is 6.41. The van der Waals surface area contributed by atoms with E-state index in [-0.39, 0.29) is 28.8 Å². The van der Waals surface area contributed by atoms with Crippen LogP contribution in [0.4, 0.5) is 0 Å². The predicted molar refractivity (Wildman–Crippen MR) is 72.9 cm³/mol. The molecule has 0 aromatic carbocycles. The molecule has 1 aliphatic heterocycles. The molecule has 1 saturated heterocycles. The summed E-state index contributed by atoms with van der Waals surface area (Å²) in [7, 11) is 2.84. The standard InChI is InChI=1S/C12H14Cl2N2O4/c1-15-8(4-7(13)10(15)14)11(18)16-5-6(17)3-9(16)12(19)20-2/h4,6,9,17H,3,5H2,1-2H3. The zero-order valence-electron chi connectivity index (χ0n) is 11.0. The van der Waals surface area contributed by atoms with Gasteiger partial charge in [-0.1, -0.05) is 23.2 Å². The van der Waals surface area contributed by atoms with Gasteiger partial charge in [-0.25, -0.2) is 4.79 Å². The predicted octanol–water partition coefficient (Wildman–Crippen LogP) is 1.08. The van der Waals surface area contributed by atoms with Crippen LogP contribution in [-0.2, 0) is 16.6 Å². The second-order valence-electron chi connectivity index (χ2n) is 4.61. The smallest absolute Gasteiger partial charge is 0.328 e. The maximum absolute atomic E-state index is 12.5. The molecule has 1 amide bonds. The van der Waals surface area contributed by atoms with Crippen LogP contribution in [0.5, 0.6) is 0 Å². The number of aromatic nitrogens is 1. The molecular weight excluding hydrogens is 307 g/mol. The first-order valence-corrected chi connectivity index (χ1v) is 6.70. The van der Waals surface area contributed by atoms with E-state index in [1.165, 1.54) is 22.6 Å². The molecular formula is C12H14Cl2N2O4. The van der Waals surface area contributed by atoms with E-state index in [2.05, 4.69) is 4.74 Å². The number of halogens is 2. The van der Waals surface area contributed by atoms with Gasteiger partial charge in [0.2, 0.25) is 0 Å². The molecule has 8 heteroatoms. The fourth-order valence-electron chi connectivity index (χ4n) is 2.29. The van der Waals surface area contributed by atoms with Crippen LogP contribution < -0.4 is 0 Å². The molecule has 2 heterocycles. The van der Waals surface area contributed by atoms with Crippen molar-refractivity contribution in [3.05, 3.63) is 21.9 Å². The monoisotopic (exact) mass is 320 g/mol. The Kier molecular flexibility index (Phi) is 4.27. The van der Waals surface area contributed by atoms with Crippen molar-refractivity contribution in [3.8, 4) is 0 Å². The van der Waals surface area contributed by atoms with Gasteiger partial charge in [0.1, 0.15) is 16.9 Å². The van der Waals surface area contributed by atoms with Crippen molar-refractivity contribution in [1.82, 2.24) is 9.47 Å². The lowest BCUT2D eigenvalue weighted by molar-refractivity contribution is -0.145. The van der Waals surface area contributed by atoms with Crippen LogP contribution in [0.25, 0.3) is 0 Å². The highest BCUT2D eigenvalue weighted by atomic mass is 35.5. The SMILES string of the molecule is COC(=O)C1CC(O)CN1C(=O)c1cc(Cl)c(Cl)n1C. The first-order valence-electron chi connectivity index (χ1n) is 5.94. The van der Waals surface area contributed by atoms with Crippen molar-refractivity contribution < 1.29 is 19.4 Å². The molecule has 0 saturated carbocycles. The van der Waals surface area contributed by atoms with Gasteiger partial charge in [0, 0.05) is 20.0 Å². The summed E-state index contributed by atoms with van der Waals surface area (Å²) in [5.74, 6) is -0.977. The number of methoxy groups -OCH3 is 1. The first kappa shape index (κ1) is 15.2. The average molecular weight is 321 g/mol. The number of carbonyl (C=O) groups is 2. The molecule has 20 heavy (non-hydrogen) atoms. The van der Waals surface area contributed by atoms with Gasteiger partial charge >= 0.3 is 5.97 Å². The fourth-order valence-corrected chi connectivity index (χ4v) is 2.67. The molecule has 2 rings (SSSR count). The third-order valence-electron chi connectivity index (χ3n) is 3.35. The first-order chi connectivity index (χ1) is 9.36. The highest BCUT2D eigenvalue weighted by Gasteiger charge is 2.40. The number of aliphatic hydroxyl groups is 1. The quantitative estimate of drug-likeness (QED) is 0.828. The Balaban J connectivity index is 2.31. The molecule has 2 unspecified atom stereocenters. The summed E-state index contributed by atoms with van der Waals surface area (Å²) in [6.45, 7) is 0.0685. The second kappa shape index (κ2) is 5.63. The Hall–Kier alpha value is -1.24. The molecule has 1 N–H and O–H groups in total. The molecule has 6 nitrogen and oxygen atoms in total. The zero-order valence-corrected chi connectivity index (χ0v) is 12.5. The van der Waals surface area contributed by atoms with E-state index in [4.69, 9.17) is 23.2 Å². The molecule has 1 aromatic rings. The Morgan fingerprint density at radius 2 is 2.10 bits per heavy atom. The summed E-state index contributed by atoms with van der Waals surface area (Å²) >= 11 is 11.8. The Morgan fingerprint density at radius 1 is 1.45 bits per heavy atom. The van der Waals surface area contributed by atoms with E-state index < -0.39 is 24.0 Å². The van der Waals surface area contributed by atoms with Crippen molar-refractivity contribution >= 4 is 35.1 Å². The minimum absolute atomic E-state index is 0.0685. The van der Waals surface area contributed by atoms with Crippen LogP contribution in [0.3, 0.4) is 0 Å². The van der Waals surface area contributed by atoms with Crippen molar-refractivity contribution in [2.75, 3.05) is 13.7 Å². The number of ether oxygens (including phenoxy) is 1. The summed E-state index contributed by atoms with van der Waals surface area (Å²) in [4.78, 5) is 25.4. The maximum Gasteiger partial charge on any atom is 0.328 e. The molecule has 1 aromatic heterocycles. The van der Waals surface area contributed by atoms with Gasteiger partial charge in [0.15, 0.2) is 0 Å². The fraction of sp³-hybridized carbons (Fsp3) is 0.500. The number of hydrogen-bond acceptors (Lipinski definition) is 4. The van der Waals surface area contributed by atoms with Crippen LogP contribution in [0.1, 0.15) is 16.9 Å². The topological polar surface area (TPSA) is 71.8 Å². The molecule has 0 bridgehead atoms. The third-order valence-corrected chi connectivity index (χ3v) is 4.19. The number of amides is 1. The van der Waals surface area contributed by atoms with Gasteiger partial charge in [-0.15, -0.1) is 0 Å². The molecule has 1 fully saturated rings. The maximum atomic E-state index is 12.5. The number of likely N-dealkylation sites (tertiary alicyclic amines) is 1. The van der Waals surface area contributed by atoms with Gasteiger partial charge in [-0.3, -0.25) is 4.79 Å². The minimum atomic E-state index is -0.796. The third kappa shape index (κ3) is 2.51. The lowest BCUT2D eigenvalue weighted by Gasteiger charge is -2.22. The number of nitrogens with zero attached hydrogens (tertiary/aromatic N) is 2. The van der Waals surface area contributed by atoms with Crippen molar-refractivity contribution in [1.29, 1.82) is 0 Å². The van der Waals surface area contributed by atoms with E-state index in [9.17, 15) is 14.7 Å². The second-order valence-corrected chi connectivity index (χ2v) is 5.38. The number of β-amino-alcohol motifs (C(OH)–C–C–N with tert-alkyl or cyclic N) is 1. The van der Waals surface area contributed by atoms with E-state index in [1.807, 2.05) is 0 Å². The number of aliphatic hydroxyl groups excluding tert-OH is 1. The minimum Gasteiger partial charge on any atom is -0.467 e. The van der Waals surface area contributed by atoms with Crippen LogP contribution >= 0.6 is 23.2 Å². The number of carbonyl (C=O) groups excluding carboxylic acids is 2. The van der Waals surface area contributed by atoms with Crippen LogP contribution in [0.2, 0.25) is 10.2 Å². The number of esters is 1. The van der Waals surface area contributed by atoms with Crippen LogP contribution in [-0.4, -0.2) is 52.3 Å². The summed E-state index contributed by atoms with van der Waals surface area (Å²) in [6.07, 6.45) is -0.598. The van der Waals surface area contributed by atoms with E-state index in [0.29, 0.717) is 0 Å². The Bertz CT molecular complexity index is 558. The Morgan fingerprint density at radius 3 is 2.60 bits per heavy atom. The Labute approximate surface area is 125 Å². The molecule has 2 atom stereocenters. The van der Waals surface area contributed by atoms with Crippen LogP contribution in [0.15, 0.2) is 6.07 Å². The molecule has 110 valence electrons. The van der Waals surface area contributed by atoms with Crippen molar-refractivity contribution in [3.63, 3.8) is 0 Å². The van der Waals surface area contributed by atoms with Crippen LogP contribution in [0, 0.1) is 0 Å². The molecule has 0 aliphatic carbocycles. The van der Waals surface area contributed by atoms with Gasteiger partial charge in [0.05, 0.1) is 18.2 Å². The number of rotatable bonds is 2. The number of hydrogen-bond donors (Lipinski definition) is 1. The summed E-state index contributed by atoms with van der Waals surface area (Å²) < 4.78 is 6.09. The summed E-state index contributed by atoms with van der Waals surface area (Å²) in [6, 6.07) is 0.639. The average Bonchev–Trinajstić information content (AvgIpc) is 2.93. The molecule has 0 radical (unpaired) electrons. The van der Waals surface area contributed by atoms with Crippen molar-refractivity contribution in [2.45, 2.75) is 18.6 Å². The lowest BCUT2D eigenvalue weighted by atomic mass is 10.2. The normalized spacial score (nSPS) is 22.1. The van der Waals surface area contributed by atoms with Gasteiger partial charge < -0.3 is 19.3 Å². The lowest BCUT2D eigenvalue weighted by Crippen LogP contribution is -2.41. The highest BCUT2D eigenvalue weighted by Crippen LogP contribution is 2.28. The largest absolute Gasteiger partial charge is 0.467 e. The van der Waals surface area contributed by atoms with Gasteiger partial charge in [-0.05, 0) is 6.07 Å². The van der Waals surface area contributed by atoms with Gasteiger partial charge in [0.25, 0.3) is 5.91 Å². The zero-order chi connectivity index (χ0) is 15.0. The van der Waals surface area contributed by atoms with E-state index in [0.717, 1.165) is 0 Å². The molecule has 1 aliphatic rings.